The van der Waals surface area contributed by atoms with Crippen LogP contribution >= 0.6 is 0 Å². The quantitative estimate of drug-likeness (QED) is 0.893. The monoisotopic (exact) mass is 318 g/mol. The summed E-state index contributed by atoms with van der Waals surface area (Å²) in [7, 11) is 1.61. The molecule has 126 valence electrons. The number of urea groups is 1. The van der Waals surface area contributed by atoms with E-state index in [1.807, 2.05) is 25.1 Å². The molecule has 2 aliphatic rings. The first kappa shape index (κ1) is 16.1. The maximum Gasteiger partial charge on any atom is 0.319 e. The molecular weight excluding hydrogens is 292 g/mol. The highest BCUT2D eigenvalue weighted by Gasteiger charge is 2.42. The standard InChI is InChI=1S/C18H26N2O3/c1-13-4-5-15(16(10-13)22-2)20-17(21)19-12-14-6-9-23-18(11-14)7-3-8-18/h4-5,10,14H,3,6-9,11-12H2,1-2H3,(H2,19,20,21). The van der Waals surface area contributed by atoms with Crippen LogP contribution < -0.4 is 15.4 Å². The van der Waals surface area contributed by atoms with Crippen molar-refractivity contribution in [2.24, 2.45) is 5.92 Å². The molecule has 0 radical (unpaired) electrons. The number of anilines is 1. The van der Waals surface area contributed by atoms with Crippen LogP contribution in [0.2, 0.25) is 0 Å². The summed E-state index contributed by atoms with van der Waals surface area (Å²) >= 11 is 0. The summed E-state index contributed by atoms with van der Waals surface area (Å²) in [5, 5.41) is 5.86. The van der Waals surface area contributed by atoms with E-state index in [0.29, 0.717) is 23.9 Å². The lowest BCUT2D eigenvalue weighted by molar-refractivity contribution is -0.142. The van der Waals surface area contributed by atoms with Crippen molar-refractivity contribution in [1.82, 2.24) is 5.32 Å². The number of hydrogen-bond donors (Lipinski definition) is 2. The van der Waals surface area contributed by atoms with Crippen LogP contribution in [0.25, 0.3) is 0 Å². The van der Waals surface area contributed by atoms with Gasteiger partial charge in [-0.25, -0.2) is 4.79 Å². The van der Waals surface area contributed by atoms with E-state index < -0.39 is 0 Å². The van der Waals surface area contributed by atoms with Crippen molar-refractivity contribution in [3.05, 3.63) is 23.8 Å². The Morgan fingerprint density at radius 1 is 1.43 bits per heavy atom. The summed E-state index contributed by atoms with van der Waals surface area (Å²) < 4.78 is 11.2. The van der Waals surface area contributed by atoms with Crippen LogP contribution in [0.4, 0.5) is 10.5 Å². The number of methoxy groups -OCH3 is 1. The van der Waals surface area contributed by atoms with Gasteiger partial charge in [-0.1, -0.05) is 6.07 Å². The predicted molar refractivity (Wildman–Crippen MR) is 90.0 cm³/mol. The fourth-order valence-electron chi connectivity index (χ4n) is 3.53. The molecule has 2 N–H and O–H groups in total. The van der Waals surface area contributed by atoms with Crippen LogP contribution in [0.1, 0.15) is 37.7 Å². The number of rotatable bonds is 4. The maximum absolute atomic E-state index is 12.1. The molecule has 0 bridgehead atoms. The van der Waals surface area contributed by atoms with Crippen LogP contribution in [0.5, 0.6) is 5.75 Å². The van der Waals surface area contributed by atoms with Gasteiger partial charge in [-0.15, -0.1) is 0 Å². The fraction of sp³-hybridized carbons (Fsp3) is 0.611. The second-order valence-electron chi connectivity index (χ2n) is 6.78. The molecule has 1 saturated heterocycles. The van der Waals surface area contributed by atoms with E-state index in [4.69, 9.17) is 9.47 Å². The Kier molecular flexibility index (Phi) is 4.76. The fourth-order valence-corrected chi connectivity index (χ4v) is 3.53. The van der Waals surface area contributed by atoms with Gasteiger partial charge in [-0.05, 0) is 62.6 Å². The van der Waals surface area contributed by atoms with E-state index >= 15 is 0 Å². The first-order valence-electron chi connectivity index (χ1n) is 8.44. The van der Waals surface area contributed by atoms with Crippen molar-refractivity contribution in [3.8, 4) is 5.75 Å². The van der Waals surface area contributed by atoms with Crippen molar-refractivity contribution in [2.75, 3.05) is 25.6 Å². The van der Waals surface area contributed by atoms with Crippen molar-refractivity contribution in [3.63, 3.8) is 0 Å². The summed E-state index contributed by atoms with van der Waals surface area (Å²) in [5.41, 5.74) is 1.92. The number of carbonyl (C=O) groups excluding carboxylic acids is 1. The average molecular weight is 318 g/mol. The van der Waals surface area contributed by atoms with Gasteiger partial charge < -0.3 is 20.1 Å². The van der Waals surface area contributed by atoms with Gasteiger partial charge in [-0.3, -0.25) is 0 Å². The summed E-state index contributed by atoms with van der Waals surface area (Å²) in [6, 6.07) is 5.55. The van der Waals surface area contributed by atoms with Gasteiger partial charge in [0.1, 0.15) is 5.75 Å². The summed E-state index contributed by atoms with van der Waals surface area (Å²) in [6.07, 6.45) is 5.72. The van der Waals surface area contributed by atoms with Crippen molar-refractivity contribution < 1.29 is 14.3 Å². The molecule has 0 aromatic heterocycles. The highest BCUT2D eigenvalue weighted by molar-refractivity contribution is 5.90. The number of nitrogens with one attached hydrogen (secondary N) is 2. The number of carbonyl (C=O) groups is 1. The normalized spacial score (nSPS) is 22.3. The Hall–Kier alpha value is -1.75. The van der Waals surface area contributed by atoms with Gasteiger partial charge in [0.15, 0.2) is 0 Å². The van der Waals surface area contributed by atoms with E-state index in [2.05, 4.69) is 10.6 Å². The summed E-state index contributed by atoms with van der Waals surface area (Å²) in [6.45, 7) is 3.51. The lowest BCUT2D eigenvalue weighted by Crippen LogP contribution is -2.47. The third-order valence-electron chi connectivity index (χ3n) is 5.02. The molecule has 1 atom stereocenters. The molecule has 1 unspecified atom stereocenters. The maximum atomic E-state index is 12.1. The molecule has 1 heterocycles. The second kappa shape index (κ2) is 6.79. The first-order valence-corrected chi connectivity index (χ1v) is 8.44. The van der Waals surface area contributed by atoms with Crippen molar-refractivity contribution in [2.45, 2.75) is 44.6 Å². The zero-order valence-corrected chi connectivity index (χ0v) is 14.0. The molecule has 5 heteroatoms. The van der Waals surface area contributed by atoms with Gasteiger partial charge in [-0.2, -0.15) is 0 Å². The van der Waals surface area contributed by atoms with Crippen molar-refractivity contribution in [1.29, 1.82) is 0 Å². The van der Waals surface area contributed by atoms with E-state index in [-0.39, 0.29) is 11.6 Å². The number of ether oxygens (including phenoxy) is 2. The molecular formula is C18H26N2O3. The Morgan fingerprint density at radius 2 is 2.26 bits per heavy atom. The Balaban J connectivity index is 1.50. The van der Waals surface area contributed by atoms with E-state index in [1.54, 1.807) is 7.11 Å². The number of benzene rings is 1. The van der Waals surface area contributed by atoms with Crippen LogP contribution in [0.15, 0.2) is 18.2 Å². The van der Waals surface area contributed by atoms with Crippen LogP contribution in [0.3, 0.4) is 0 Å². The molecule has 23 heavy (non-hydrogen) atoms. The summed E-state index contributed by atoms with van der Waals surface area (Å²) in [5.74, 6) is 1.19. The molecule has 1 saturated carbocycles. The van der Waals surface area contributed by atoms with Gasteiger partial charge in [0.25, 0.3) is 0 Å². The first-order chi connectivity index (χ1) is 11.1. The highest BCUT2D eigenvalue weighted by atomic mass is 16.5. The van der Waals surface area contributed by atoms with Gasteiger partial charge in [0.2, 0.25) is 0 Å². The third kappa shape index (κ3) is 3.78. The molecule has 1 spiro atoms. The molecule has 2 fully saturated rings. The molecule has 1 aliphatic heterocycles. The van der Waals surface area contributed by atoms with E-state index in [1.165, 1.54) is 19.3 Å². The molecule has 2 amide bonds. The highest BCUT2D eigenvalue weighted by Crippen LogP contribution is 2.44. The molecule has 3 rings (SSSR count). The SMILES string of the molecule is COc1cc(C)ccc1NC(=O)NCC1CCOC2(CCC2)C1. The van der Waals surface area contributed by atoms with Gasteiger partial charge in [0, 0.05) is 13.2 Å². The molecule has 1 aliphatic carbocycles. The van der Waals surface area contributed by atoms with Gasteiger partial charge in [0.05, 0.1) is 18.4 Å². The Labute approximate surface area is 137 Å². The van der Waals surface area contributed by atoms with E-state index in [0.717, 1.165) is 25.0 Å². The minimum Gasteiger partial charge on any atom is -0.495 e. The Morgan fingerprint density at radius 3 is 2.96 bits per heavy atom. The van der Waals surface area contributed by atoms with Crippen LogP contribution in [-0.4, -0.2) is 31.9 Å². The largest absolute Gasteiger partial charge is 0.495 e. The lowest BCUT2D eigenvalue weighted by Gasteiger charge is -2.47. The van der Waals surface area contributed by atoms with E-state index in [9.17, 15) is 4.79 Å². The smallest absolute Gasteiger partial charge is 0.319 e. The van der Waals surface area contributed by atoms with Crippen LogP contribution in [-0.2, 0) is 4.74 Å². The van der Waals surface area contributed by atoms with Gasteiger partial charge >= 0.3 is 6.03 Å². The summed E-state index contributed by atoms with van der Waals surface area (Å²) in [4.78, 5) is 12.1. The minimum atomic E-state index is -0.179. The molecule has 1 aromatic rings. The predicted octanol–water partition coefficient (Wildman–Crippen LogP) is 3.47. The Bertz CT molecular complexity index is 569. The zero-order chi connectivity index (χ0) is 16.3. The topological polar surface area (TPSA) is 59.6 Å². The molecule has 5 nitrogen and oxygen atoms in total. The minimum absolute atomic E-state index is 0.126. The third-order valence-corrected chi connectivity index (χ3v) is 5.02. The molecule has 1 aromatic carbocycles. The number of amides is 2. The number of hydrogen-bond acceptors (Lipinski definition) is 3. The van der Waals surface area contributed by atoms with Crippen molar-refractivity contribution >= 4 is 11.7 Å². The second-order valence-corrected chi connectivity index (χ2v) is 6.78. The lowest BCUT2D eigenvalue weighted by atomic mass is 9.72. The number of aryl methyl sites for hydroxylation is 1. The average Bonchev–Trinajstić information content (AvgIpc) is 2.53. The zero-order valence-electron chi connectivity index (χ0n) is 14.0. The van der Waals surface area contributed by atoms with Crippen LogP contribution in [0, 0.1) is 12.8 Å².